The predicted molar refractivity (Wildman–Crippen MR) is 51.5 cm³/mol. The molecule has 0 amide bonds. The van der Waals surface area contributed by atoms with Crippen molar-refractivity contribution in [3.63, 3.8) is 0 Å². The Hall–Kier alpha value is 0.200. The fraction of sp³-hybridized carbons (Fsp3) is 0.400. The number of halogens is 2. The minimum absolute atomic E-state index is 0.241. The maximum atomic E-state index is 5.96. The van der Waals surface area contributed by atoms with Gasteiger partial charge in [0.05, 0.1) is 0 Å². The van der Waals surface area contributed by atoms with Crippen molar-refractivity contribution in [1.29, 1.82) is 0 Å². The van der Waals surface area contributed by atoms with Crippen LogP contribution in [0, 0.1) is 0 Å². The van der Waals surface area contributed by atoms with Crippen LogP contribution in [0.2, 0.25) is 5.02 Å². The predicted octanol–water partition coefficient (Wildman–Crippen LogP) is -0.668. The normalized spacial score (nSPS) is 17.4. The van der Waals surface area contributed by atoms with Crippen molar-refractivity contribution in [3.05, 3.63) is 34.3 Å². The summed E-state index contributed by atoms with van der Waals surface area (Å²) in [4.78, 5) is 2.31. The Morgan fingerprint density at radius 2 is 2.23 bits per heavy atom. The Labute approximate surface area is 94.7 Å². The minimum atomic E-state index is 0.241. The molecule has 0 spiro atoms. The van der Waals surface area contributed by atoms with E-state index in [2.05, 4.69) is 20.2 Å². The molecule has 1 aromatic carbocycles. The van der Waals surface area contributed by atoms with E-state index >= 15 is 0 Å². The molecule has 1 aliphatic heterocycles. The number of hydrogen-bond acceptors (Lipinski definition) is 1. The van der Waals surface area contributed by atoms with Crippen LogP contribution in [-0.2, 0) is 13.0 Å². The number of benzene rings is 1. The van der Waals surface area contributed by atoms with Gasteiger partial charge in [-0.1, -0.05) is 0 Å². The standard InChI is InChI=1S/C10H12ClIN/c1-12-13-5-4-8-2-3-10(11)6-9(8)7-13/h2-3,6H,4-5,7H2,1H3/q-1. The number of nitrogens with zero attached hydrogens (tertiary/aromatic N) is 1. The molecule has 72 valence electrons. The van der Waals surface area contributed by atoms with E-state index in [0.29, 0.717) is 0 Å². The zero-order valence-electron chi connectivity index (χ0n) is 7.56. The van der Waals surface area contributed by atoms with Crippen LogP contribution < -0.4 is 21.5 Å². The van der Waals surface area contributed by atoms with Crippen molar-refractivity contribution in [3.8, 4) is 0 Å². The van der Waals surface area contributed by atoms with Crippen LogP contribution in [0.15, 0.2) is 18.2 Å². The molecule has 2 rings (SSSR count). The van der Waals surface area contributed by atoms with E-state index in [0.717, 1.165) is 11.6 Å². The van der Waals surface area contributed by atoms with Gasteiger partial charge < -0.3 is 0 Å². The van der Waals surface area contributed by atoms with Crippen molar-refractivity contribution < 1.29 is 21.5 Å². The van der Waals surface area contributed by atoms with Gasteiger partial charge in [-0.15, -0.1) is 0 Å². The molecule has 0 unspecified atom stereocenters. The average Bonchev–Trinajstić information content (AvgIpc) is 2.16. The van der Waals surface area contributed by atoms with Crippen molar-refractivity contribution in [1.82, 2.24) is 3.11 Å². The Morgan fingerprint density at radius 3 is 3.00 bits per heavy atom. The van der Waals surface area contributed by atoms with Crippen LogP contribution in [-0.4, -0.2) is 14.6 Å². The van der Waals surface area contributed by atoms with Crippen molar-refractivity contribution in [2.45, 2.75) is 13.0 Å². The van der Waals surface area contributed by atoms with Gasteiger partial charge in [0.2, 0.25) is 0 Å². The number of fused-ring (bicyclic) bond motifs is 1. The molecule has 3 heteroatoms. The molecule has 0 aromatic heterocycles. The van der Waals surface area contributed by atoms with Crippen LogP contribution in [0.5, 0.6) is 0 Å². The molecule has 0 bridgehead atoms. The van der Waals surface area contributed by atoms with Crippen LogP contribution in [0.25, 0.3) is 0 Å². The first kappa shape index (κ1) is 9.74. The number of alkyl halides is 1. The molecule has 0 aliphatic carbocycles. The summed E-state index contributed by atoms with van der Waals surface area (Å²) in [5.74, 6) is 0. The van der Waals surface area contributed by atoms with Gasteiger partial charge in [0.15, 0.2) is 0 Å². The first-order chi connectivity index (χ1) is 6.29. The molecule has 0 saturated carbocycles. The van der Waals surface area contributed by atoms with Gasteiger partial charge >= 0.3 is 95.0 Å². The topological polar surface area (TPSA) is 3.24 Å². The SMILES string of the molecule is C[I-]N1CCc2ccc(Cl)cc2C1. The van der Waals surface area contributed by atoms with Crippen molar-refractivity contribution in [2.75, 3.05) is 11.5 Å². The number of hydrogen-bond donors (Lipinski definition) is 0. The summed E-state index contributed by atoms with van der Waals surface area (Å²) in [6, 6.07) is 6.28. The molecule has 0 N–H and O–H groups in total. The zero-order chi connectivity index (χ0) is 9.26. The first-order valence-corrected chi connectivity index (χ1v) is 7.81. The van der Waals surface area contributed by atoms with E-state index in [1.807, 2.05) is 6.07 Å². The quantitative estimate of drug-likeness (QED) is 0.378. The summed E-state index contributed by atoms with van der Waals surface area (Å²) >= 11 is 6.20. The molecule has 0 atom stereocenters. The fourth-order valence-corrected chi connectivity index (χ4v) is 3.26. The van der Waals surface area contributed by atoms with Crippen LogP contribution in [0.3, 0.4) is 0 Å². The van der Waals surface area contributed by atoms with Crippen LogP contribution in [0.4, 0.5) is 0 Å². The van der Waals surface area contributed by atoms with Crippen molar-refractivity contribution >= 4 is 11.6 Å². The number of rotatable bonds is 1. The maximum absolute atomic E-state index is 5.96. The Morgan fingerprint density at radius 1 is 1.38 bits per heavy atom. The van der Waals surface area contributed by atoms with E-state index in [1.165, 1.54) is 24.1 Å². The summed E-state index contributed by atoms with van der Waals surface area (Å²) in [6.45, 7) is 2.35. The van der Waals surface area contributed by atoms with Crippen LogP contribution in [0.1, 0.15) is 11.1 Å². The monoisotopic (exact) mass is 308 g/mol. The van der Waals surface area contributed by atoms with Gasteiger partial charge in [0, 0.05) is 0 Å². The summed E-state index contributed by atoms with van der Waals surface area (Å²) in [6.07, 6.45) is 1.19. The first-order valence-electron chi connectivity index (χ1n) is 4.31. The van der Waals surface area contributed by atoms with Gasteiger partial charge in [0.25, 0.3) is 0 Å². The fourth-order valence-electron chi connectivity index (χ4n) is 1.64. The van der Waals surface area contributed by atoms with Gasteiger partial charge in [-0.3, -0.25) is 0 Å². The van der Waals surface area contributed by atoms with Gasteiger partial charge in [-0.25, -0.2) is 0 Å². The van der Waals surface area contributed by atoms with Crippen LogP contribution >= 0.6 is 11.6 Å². The molecule has 1 aliphatic rings. The van der Waals surface area contributed by atoms with E-state index in [9.17, 15) is 0 Å². The molecule has 1 heterocycles. The Balaban J connectivity index is 2.27. The summed E-state index contributed by atoms with van der Waals surface area (Å²) in [5.41, 5.74) is 2.92. The zero-order valence-corrected chi connectivity index (χ0v) is 10.5. The molecule has 13 heavy (non-hydrogen) atoms. The Kier molecular flexibility index (Phi) is 3.11. The Bertz CT molecular complexity index is 314. The summed E-state index contributed by atoms with van der Waals surface area (Å²) in [5, 5.41) is 0.870. The summed E-state index contributed by atoms with van der Waals surface area (Å²) < 4.78 is 2.55. The molecular formula is C10H12ClIN-. The molecule has 1 aromatic rings. The van der Waals surface area contributed by atoms with Gasteiger partial charge in [-0.2, -0.15) is 0 Å². The summed E-state index contributed by atoms with van der Waals surface area (Å²) in [7, 11) is 0. The third-order valence-corrected chi connectivity index (χ3v) is 4.80. The third-order valence-electron chi connectivity index (χ3n) is 2.37. The van der Waals surface area contributed by atoms with Gasteiger partial charge in [-0.05, 0) is 0 Å². The van der Waals surface area contributed by atoms with E-state index < -0.39 is 0 Å². The van der Waals surface area contributed by atoms with E-state index in [-0.39, 0.29) is 21.5 Å². The molecule has 0 saturated heterocycles. The second-order valence-electron chi connectivity index (χ2n) is 3.18. The molecule has 0 fully saturated rings. The molecule has 0 radical (unpaired) electrons. The molecular weight excluding hydrogens is 296 g/mol. The van der Waals surface area contributed by atoms with Gasteiger partial charge in [0.1, 0.15) is 0 Å². The van der Waals surface area contributed by atoms with E-state index in [4.69, 9.17) is 11.6 Å². The molecule has 1 nitrogen and oxygen atoms in total. The second-order valence-corrected chi connectivity index (χ2v) is 5.94. The van der Waals surface area contributed by atoms with Crippen molar-refractivity contribution in [2.24, 2.45) is 0 Å². The van der Waals surface area contributed by atoms with E-state index in [1.54, 1.807) is 0 Å². The second kappa shape index (κ2) is 4.15. The third kappa shape index (κ3) is 2.17. The average molecular weight is 309 g/mol.